The Kier molecular flexibility index (Phi) is 3.01. The molecule has 0 fully saturated rings. The molecule has 0 aliphatic carbocycles. The number of benzene rings is 1. The minimum absolute atomic E-state index is 0.0902. The van der Waals surface area contributed by atoms with E-state index in [2.05, 4.69) is 0 Å². The maximum Gasteiger partial charge on any atom is 0.308 e. The van der Waals surface area contributed by atoms with Gasteiger partial charge in [-0.05, 0) is 24.3 Å². The molecule has 1 aromatic carbocycles. The van der Waals surface area contributed by atoms with E-state index in [4.69, 9.17) is 5.11 Å². The van der Waals surface area contributed by atoms with Gasteiger partial charge in [0.05, 0.1) is 18.5 Å². The SMILES string of the molecule is O=C(O)CC1=C(O)CN(c2ccc(F)cc2)C1=O. The van der Waals surface area contributed by atoms with Crippen molar-refractivity contribution in [2.45, 2.75) is 6.42 Å². The molecule has 1 heterocycles. The highest BCUT2D eigenvalue weighted by Gasteiger charge is 2.32. The molecule has 0 atom stereocenters. The number of rotatable bonds is 3. The van der Waals surface area contributed by atoms with Crippen molar-refractivity contribution in [3.05, 3.63) is 41.4 Å². The monoisotopic (exact) mass is 251 g/mol. The predicted molar refractivity (Wildman–Crippen MR) is 60.7 cm³/mol. The topological polar surface area (TPSA) is 77.8 Å². The molecule has 0 saturated heterocycles. The van der Waals surface area contributed by atoms with E-state index in [0.717, 1.165) is 0 Å². The van der Waals surface area contributed by atoms with Crippen LogP contribution < -0.4 is 4.90 Å². The molecule has 2 N–H and O–H groups in total. The molecule has 5 nitrogen and oxygen atoms in total. The van der Waals surface area contributed by atoms with Crippen LogP contribution in [0.1, 0.15) is 6.42 Å². The summed E-state index contributed by atoms with van der Waals surface area (Å²) in [5.74, 6) is -2.45. The van der Waals surface area contributed by atoms with Crippen molar-refractivity contribution in [3.8, 4) is 0 Å². The second-order valence-corrected chi connectivity index (χ2v) is 3.86. The van der Waals surface area contributed by atoms with Gasteiger partial charge >= 0.3 is 5.97 Å². The summed E-state index contributed by atoms with van der Waals surface area (Å²) < 4.78 is 12.8. The molecule has 1 aliphatic heterocycles. The number of aliphatic hydroxyl groups is 1. The molecule has 2 rings (SSSR count). The molecule has 0 spiro atoms. The number of carbonyl (C=O) groups is 2. The first-order valence-electron chi connectivity index (χ1n) is 5.19. The Hall–Kier alpha value is -2.37. The summed E-state index contributed by atoms with van der Waals surface area (Å²) in [5, 5.41) is 18.2. The second-order valence-electron chi connectivity index (χ2n) is 3.86. The van der Waals surface area contributed by atoms with Gasteiger partial charge in [-0.3, -0.25) is 9.59 Å². The van der Waals surface area contributed by atoms with Gasteiger partial charge in [0.15, 0.2) is 0 Å². The van der Waals surface area contributed by atoms with E-state index in [1.165, 1.54) is 29.2 Å². The average Bonchev–Trinajstić information content (AvgIpc) is 2.58. The van der Waals surface area contributed by atoms with E-state index < -0.39 is 24.1 Å². The van der Waals surface area contributed by atoms with Crippen LogP contribution in [0.5, 0.6) is 0 Å². The van der Waals surface area contributed by atoms with Crippen LogP contribution in [0.15, 0.2) is 35.6 Å². The molecule has 0 saturated carbocycles. The van der Waals surface area contributed by atoms with Crippen LogP contribution in [0.2, 0.25) is 0 Å². The van der Waals surface area contributed by atoms with Crippen LogP contribution in [-0.4, -0.2) is 28.6 Å². The number of halogens is 1. The third kappa shape index (κ3) is 2.17. The Morgan fingerprint density at radius 1 is 1.33 bits per heavy atom. The Morgan fingerprint density at radius 2 is 1.94 bits per heavy atom. The van der Waals surface area contributed by atoms with Crippen molar-refractivity contribution in [2.75, 3.05) is 11.4 Å². The Morgan fingerprint density at radius 3 is 2.50 bits per heavy atom. The number of amides is 1. The normalized spacial score (nSPS) is 15.4. The maximum absolute atomic E-state index is 12.8. The van der Waals surface area contributed by atoms with E-state index in [1.807, 2.05) is 0 Å². The summed E-state index contributed by atoms with van der Waals surface area (Å²) in [4.78, 5) is 23.7. The van der Waals surface area contributed by atoms with Crippen molar-refractivity contribution in [2.24, 2.45) is 0 Å². The van der Waals surface area contributed by atoms with Crippen LogP contribution in [0.3, 0.4) is 0 Å². The molecule has 1 aliphatic rings. The highest BCUT2D eigenvalue weighted by atomic mass is 19.1. The number of aliphatic carboxylic acids is 1. The molecule has 6 heteroatoms. The molecule has 0 radical (unpaired) electrons. The van der Waals surface area contributed by atoms with Crippen LogP contribution in [-0.2, 0) is 9.59 Å². The summed E-state index contributed by atoms with van der Waals surface area (Å²) >= 11 is 0. The molecule has 0 aromatic heterocycles. The van der Waals surface area contributed by atoms with Crippen molar-refractivity contribution in [3.63, 3.8) is 0 Å². The Bertz CT molecular complexity index is 536. The quantitative estimate of drug-likeness (QED) is 0.852. The van der Waals surface area contributed by atoms with Crippen molar-refractivity contribution < 1.29 is 24.2 Å². The third-order valence-corrected chi connectivity index (χ3v) is 2.63. The zero-order valence-corrected chi connectivity index (χ0v) is 9.26. The largest absolute Gasteiger partial charge is 0.510 e. The van der Waals surface area contributed by atoms with Crippen molar-refractivity contribution >= 4 is 17.6 Å². The first-order valence-corrected chi connectivity index (χ1v) is 5.19. The molecule has 1 amide bonds. The molecule has 18 heavy (non-hydrogen) atoms. The standard InChI is InChI=1S/C12H10FNO4/c13-7-1-3-8(4-2-7)14-6-10(15)9(12(14)18)5-11(16)17/h1-4,15H,5-6H2,(H,16,17). The van der Waals surface area contributed by atoms with Crippen LogP contribution in [0.4, 0.5) is 10.1 Å². The second kappa shape index (κ2) is 4.48. The van der Waals surface area contributed by atoms with Gasteiger partial charge in [0.1, 0.15) is 11.6 Å². The van der Waals surface area contributed by atoms with E-state index in [1.54, 1.807) is 0 Å². The van der Waals surface area contributed by atoms with Gasteiger partial charge in [-0.25, -0.2) is 4.39 Å². The fourth-order valence-electron chi connectivity index (χ4n) is 1.76. The molecule has 94 valence electrons. The van der Waals surface area contributed by atoms with Gasteiger partial charge in [-0.2, -0.15) is 0 Å². The van der Waals surface area contributed by atoms with E-state index in [-0.39, 0.29) is 17.9 Å². The van der Waals surface area contributed by atoms with Gasteiger partial charge in [0, 0.05) is 5.69 Å². The van der Waals surface area contributed by atoms with Crippen LogP contribution in [0, 0.1) is 5.82 Å². The Labute approximate surface area is 102 Å². The third-order valence-electron chi connectivity index (χ3n) is 2.63. The highest BCUT2D eigenvalue weighted by Crippen LogP contribution is 2.26. The zero-order valence-electron chi connectivity index (χ0n) is 9.26. The van der Waals surface area contributed by atoms with Gasteiger partial charge < -0.3 is 15.1 Å². The number of aliphatic hydroxyl groups excluding tert-OH is 1. The van der Waals surface area contributed by atoms with E-state index in [0.29, 0.717) is 5.69 Å². The summed E-state index contributed by atoms with van der Waals surface area (Å²) in [6, 6.07) is 5.16. The minimum Gasteiger partial charge on any atom is -0.510 e. The fourth-order valence-corrected chi connectivity index (χ4v) is 1.76. The summed E-state index contributed by atoms with van der Waals surface area (Å²) in [5.41, 5.74) is 0.278. The maximum atomic E-state index is 12.8. The molecular weight excluding hydrogens is 241 g/mol. The smallest absolute Gasteiger partial charge is 0.308 e. The van der Waals surface area contributed by atoms with Crippen molar-refractivity contribution in [1.29, 1.82) is 0 Å². The van der Waals surface area contributed by atoms with Crippen LogP contribution >= 0.6 is 0 Å². The molecule has 0 bridgehead atoms. The lowest BCUT2D eigenvalue weighted by molar-refractivity contribution is -0.136. The first kappa shape index (κ1) is 12.1. The average molecular weight is 251 g/mol. The lowest BCUT2D eigenvalue weighted by atomic mass is 10.2. The first-order chi connectivity index (χ1) is 8.49. The number of carbonyl (C=O) groups excluding carboxylic acids is 1. The lowest BCUT2D eigenvalue weighted by Crippen LogP contribution is -2.27. The predicted octanol–water partition coefficient (Wildman–Crippen LogP) is 1.46. The lowest BCUT2D eigenvalue weighted by Gasteiger charge is -2.15. The number of nitrogens with zero attached hydrogens (tertiary/aromatic N) is 1. The summed E-state index contributed by atoms with van der Waals surface area (Å²) in [6.45, 7) is -0.0902. The number of carboxylic acids is 1. The van der Waals surface area contributed by atoms with Gasteiger partial charge in [-0.1, -0.05) is 0 Å². The number of hydrogen-bond acceptors (Lipinski definition) is 3. The van der Waals surface area contributed by atoms with Crippen LogP contribution in [0.25, 0.3) is 0 Å². The zero-order chi connectivity index (χ0) is 13.3. The number of carboxylic acid groups (broad SMARTS) is 1. The van der Waals surface area contributed by atoms with Gasteiger partial charge in [0.2, 0.25) is 0 Å². The molecule has 0 unspecified atom stereocenters. The fraction of sp³-hybridized carbons (Fsp3) is 0.167. The summed E-state index contributed by atoms with van der Waals surface area (Å²) in [7, 11) is 0. The van der Waals surface area contributed by atoms with Gasteiger partial charge in [-0.15, -0.1) is 0 Å². The summed E-state index contributed by atoms with van der Waals surface area (Å²) in [6.07, 6.45) is -0.525. The van der Waals surface area contributed by atoms with E-state index >= 15 is 0 Å². The highest BCUT2D eigenvalue weighted by molar-refractivity contribution is 6.10. The molecular formula is C12H10FNO4. The minimum atomic E-state index is -1.19. The van der Waals surface area contributed by atoms with Crippen molar-refractivity contribution in [1.82, 2.24) is 0 Å². The number of anilines is 1. The number of hydrogen-bond donors (Lipinski definition) is 2. The van der Waals surface area contributed by atoms with Gasteiger partial charge in [0.25, 0.3) is 5.91 Å². The van der Waals surface area contributed by atoms with E-state index in [9.17, 15) is 19.1 Å². The molecule has 1 aromatic rings. The Balaban J connectivity index is 2.23.